The van der Waals surface area contributed by atoms with Gasteiger partial charge in [-0.1, -0.05) is 6.42 Å². The van der Waals surface area contributed by atoms with Crippen molar-refractivity contribution in [2.24, 2.45) is 17.8 Å². The van der Waals surface area contributed by atoms with Crippen LogP contribution in [-0.2, 0) is 0 Å². The van der Waals surface area contributed by atoms with Crippen LogP contribution in [0.1, 0.15) is 51.1 Å². The van der Waals surface area contributed by atoms with Crippen molar-refractivity contribution < 1.29 is 0 Å². The molecule has 1 aromatic rings. The van der Waals surface area contributed by atoms with Gasteiger partial charge in [-0.3, -0.25) is 4.98 Å². The van der Waals surface area contributed by atoms with Crippen LogP contribution in [0, 0.1) is 17.8 Å². The maximum atomic E-state index is 4.09. The molecule has 0 spiro atoms. The highest BCUT2D eigenvalue weighted by molar-refractivity contribution is 5.14. The Morgan fingerprint density at radius 1 is 1.17 bits per heavy atom. The van der Waals surface area contributed by atoms with Gasteiger partial charge in [-0.2, -0.15) is 0 Å². The molecule has 1 heterocycles. The molecule has 2 fully saturated rings. The minimum atomic E-state index is 0.433. The summed E-state index contributed by atoms with van der Waals surface area (Å²) in [5.74, 6) is 2.95. The number of fused-ring (bicyclic) bond motifs is 2. The van der Waals surface area contributed by atoms with Crippen molar-refractivity contribution in [2.75, 3.05) is 0 Å². The predicted octanol–water partition coefficient (Wildman–Crippen LogP) is 3.56. The van der Waals surface area contributed by atoms with Crippen molar-refractivity contribution in [1.29, 1.82) is 0 Å². The highest BCUT2D eigenvalue weighted by Gasteiger charge is 2.41. The van der Waals surface area contributed by atoms with E-state index in [9.17, 15) is 0 Å². The van der Waals surface area contributed by atoms with Crippen LogP contribution in [0.3, 0.4) is 0 Å². The van der Waals surface area contributed by atoms with E-state index in [2.05, 4.69) is 36.3 Å². The molecule has 98 valence electrons. The maximum Gasteiger partial charge on any atom is 0.0295 e. The zero-order valence-corrected chi connectivity index (χ0v) is 11.5. The first kappa shape index (κ1) is 12.2. The van der Waals surface area contributed by atoms with Gasteiger partial charge in [0.1, 0.15) is 0 Å². The largest absolute Gasteiger partial charge is 0.307 e. The van der Waals surface area contributed by atoms with E-state index in [0.29, 0.717) is 12.1 Å². The smallest absolute Gasteiger partial charge is 0.0295 e. The summed E-state index contributed by atoms with van der Waals surface area (Å²) in [4.78, 5) is 4.09. The lowest BCUT2D eigenvalue weighted by Gasteiger charge is -2.31. The molecule has 5 unspecified atom stereocenters. The van der Waals surface area contributed by atoms with Crippen LogP contribution in [0.25, 0.3) is 0 Å². The molecule has 0 radical (unpaired) electrons. The Balaban J connectivity index is 1.59. The monoisotopic (exact) mass is 244 g/mol. The lowest BCUT2D eigenvalue weighted by molar-refractivity contribution is 0.248. The second-order valence-electron chi connectivity index (χ2n) is 6.30. The van der Waals surface area contributed by atoms with Crippen LogP contribution in [-0.4, -0.2) is 11.0 Å². The summed E-state index contributed by atoms with van der Waals surface area (Å²) in [6, 6.07) is 5.31. The van der Waals surface area contributed by atoms with Gasteiger partial charge in [-0.05, 0) is 68.6 Å². The summed E-state index contributed by atoms with van der Waals surface area (Å²) < 4.78 is 0. The van der Waals surface area contributed by atoms with E-state index in [1.165, 1.54) is 31.2 Å². The lowest BCUT2D eigenvalue weighted by Crippen LogP contribution is -2.37. The molecule has 2 saturated carbocycles. The molecule has 0 amide bonds. The fraction of sp³-hybridized carbons (Fsp3) is 0.688. The van der Waals surface area contributed by atoms with Gasteiger partial charge in [0.25, 0.3) is 0 Å². The number of pyridine rings is 1. The molecule has 3 rings (SSSR count). The number of hydrogen-bond acceptors (Lipinski definition) is 2. The Morgan fingerprint density at radius 2 is 1.94 bits per heavy atom. The van der Waals surface area contributed by atoms with E-state index in [0.717, 1.165) is 17.8 Å². The summed E-state index contributed by atoms with van der Waals surface area (Å²) in [6.07, 6.45) is 9.70. The topological polar surface area (TPSA) is 24.9 Å². The van der Waals surface area contributed by atoms with Gasteiger partial charge in [0.2, 0.25) is 0 Å². The predicted molar refractivity (Wildman–Crippen MR) is 74.2 cm³/mol. The molecule has 1 aromatic heterocycles. The Kier molecular flexibility index (Phi) is 3.38. The molecular weight excluding hydrogens is 220 g/mol. The normalized spacial score (nSPS) is 33.6. The molecule has 0 saturated heterocycles. The third kappa shape index (κ3) is 2.31. The van der Waals surface area contributed by atoms with E-state index in [1.807, 2.05) is 12.4 Å². The van der Waals surface area contributed by atoms with E-state index >= 15 is 0 Å². The van der Waals surface area contributed by atoms with Crippen LogP contribution in [0.15, 0.2) is 24.5 Å². The van der Waals surface area contributed by atoms with Crippen LogP contribution >= 0.6 is 0 Å². The summed E-state index contributed by atoms with van der Waals surface area (Å²) in [7, 11) is 0. The van der Waals surface area contributed by atoms with E-state index in [4.69, 9.17) is 0 Å². The zero-order valence-electron chi connectivity index (χ0n) is 11.5. The van der Waals surface area contributed by atoms with Crippen molar-refractivity contribution in [3.63, 3.8) is 0 Å². The van der Waals surface area contributed by atoms with Gasteiger partial charge in [0.15, 0.2) is 0 Å². The van der Waals surface area contributed by atoms with Gasteiger partial charge in [0.05, 0.1) is 0 Å². The van der Waals surface area contributed by atoms with Crippen molar-refractivity contribution in [3.05, 3.63) is 30.1 Å². The molecule has 2 heteroatoms. The van der Waals surface area contributed by atoms with Gasteiger partial charge >= 0.3 is 0 Å². The molecule has 2 aliphatic carbocycles. The highest BCUT2D eigenvalue weighted by Crippen LogP contribution is 2.49. The summed E-state index contributed by atoms with van der Waals surface area (Å²) >= 11 is 0. The second-order valence-corrected chi connectivity index (χ2v) is 6.30. The number of hydrogen-bond donors (Lipinski definition) is 1. The second kappa shape index (κ2) is 5.00. The summed E-state index contributed by atoms with van der Waals surface area (Å²) in [5.41, 5.74) is 1.35. The molecule has 1 N–H and O–H groups in total. The van der Waals surface area contributed by atoms with Crippen molar-refractivity contribution in [1.82, 2.24) is 10.3 Å². The van der Waals surface area contributed by atoms with Gasteiger partial charge in [0, 0.05) is 24.5 Å². The fourth-order valence-corrected chi connectivity index (χ4v) is 4.17. The molecular formula is C16H24N2. The molecule has 2 aliphatic rings. The van der Waals surface area contributed by atoms with Crippen LogP contribution < -0.4 is 5.32 Å². The van der Waals surface area contributed by atoms with Crippen LogP contribution in [0.5, 0.6) is 0 Å². The first-order valence-electron chi connectivity index (χ1n) is 7.40. The minimum absolute atomic E-state index is 0.433. The third-order valence-electron chi connectivity index (χ3n) is 5.15. The SMILES string of the molecule is CC(NC(C)C1CC2CCC1C2)c1ccncc1. The Hall–Kier alpha value is -0.890. The first-order valence-corrected chi connectivity index (χ1v) is 7.40. The molecule has 2 bridgehead atoms. The number of nitrogens with zero attached hydrogens (tertiary/aromatic N) is 1. The number of rotatable bonds is 4. The van der Waals surface area contributed by atoms with Crippen molar-refractivity contribution >= 4 is 0 Å². The summed E-state index contributed by atoms with van der Waals surface area (Å²) in [5, 5.41) is 3.80. The first-order chi connectivity index (χ1) is 8.74. The Labute approximate surface area is 110 Å². The van der Waals surface area contributed by atoms with Crippen molar-refractivity contribution in [3.8, 4) is 0 Å². The van der Waals surface area contributed by atoms with Crippen LogP contribution in [0.4, 0.5) is 0 Å². The zero-order chi connectivity index (χ0) is 12.5. The van der Waals surface area contributed by atoms with Gasteiger partial charge in [-0.25, -0.2) is 0 Å². The fourth-order valence-electron chi connectivity index (χ4n) is 4.17. The molecule has 18 heavy (non-hydrogen) atoms. The van der Waals surface area contributed by atoms with E-state index in [-0.39, 0.29) is 0 Å². The summed E-state index contributed by atoms with van der Waals surface area (Å²) in [6.45, 7) is 4.64. The van der Waals surface area contributed by atoms with Crippen molar-refractivity contribution in [2.45, 2.75) is 51.6 Å². The highest BCUT2D eigenvalue weighted by atomic mass is 15.0. The van der Waals surface area contributed by atoms with E-state index in [1.54, 1.807) is 0 Å². The Morgan fingerprint density at radius 3 is 2.56 bits per heavy atom. The number of aromatic nitrogens is 1. The quantitative estimate of drug-likeness (QED) is 0.876. The molecule has 0 aliphatic heterocycles. The average Bonchev–Trinajstić information content (AvgIpc) is 3.02. The molecule has 0 aromatic carbocycles. The lowest BCUT2D eigenvalue weighted by atomic mass is 9.83. The number of nitrogens with one attached hydrogen (secondary N) is 1. The van der Waals surface area contributed by atoms with Gasteiger partial charge in [-0.15, -0.1) is 0 Å². The minimum Gasteiger partial charge on any atom is -0.307 e. The maximum absolute atomic E-state index is 4.09. The Bertz CT molecular complexity index is 389. The third-order valence-corrected chi connectivity index (χ3v) is 5.15. The molecule has 5 atom stereocenters. The van der Waals surface area contributed by atoms with E-state index < -0.39 is 0 Å². The molecule has 2 nitrogen and oxygen atoms in total. The van der Waals surface area contributed by atoms with Gasteiger partial charge < -0.3 is 5.32 Å². The standard InChI is InChI=1S/C16H24N2/c1-11(14-5-7-17-8-6-14)18-12(2)16-10-13-3-4-15(16)9-13/h5-8,11-13,15-16,18H,3-4,9-10H2,1-2H3. The van der Waals surface area contributed by atoms with Crippen LogP contribution in [0.2, 0.25) is 0 Å². The average molecular weight is 244 g/mol.